The van der Waals surface area contributed by atoms with Gasteiger partial charge in [0, 0.05) is 0 Å². The summed E-state index contributed by atoms with van der Waals surface area (Å²) in [6, 6.07) is -0.735. The van der Waals surface area contributed by atoms with Crippen LogP contribution in [0.3, 0.4) is 0 Å². The van der Waals surface area contributed by atoms with Crippen molar-refractivity contribution in [2.24, 2.45) is 0 Å². The number of aliphatic hydroxyl groups is 2. The largest absolute Gasteiger partial charge is 0.455 e. The molecule has 0 aliphatic carbocycles. The number of amides is 1. The predicted molar refractivity (Wildman–Crippen MR) is 73.8 cm³/mol. The Labute approximate surface area is 128 Å². The fourth-order valence-corrected chi connectivity index (χ4v) is 2.64. The highest BCUT2D eigenvalue weighted by Crippen LogP contribution is 2.34. The zero-order chi connectivity index (χ0) is 16.9. The molecule has 0 aromatic rings. The van der Waals surface area contributed by atoms with Gasteiger partial charge in [0.15, 0.2) is 12.2 Å². The molecule has 1 amide bonds. The first-order valence-corrected chi connectivity index (χ1v) is 7.17. The Morgan fingerprint density at radius 3 is 2.41 bits per heavy atom. The van der Waals surface area contributed by atoms with Gasteiger partial charge in [-0.1, -0.05) is 0 Å². The molecule has 2 aliphatic rings. The van der Waals surface area contributed by atoms with E-state index in [9.17, 15) is 19.8 Å². The second kappa shape index (κ2) is 5.36. The number of nitrogens with zero attached hydrogens (tertiary/aromatic N) is 1. The zero-order valence-electron chi connectivity index (χ0n) is 13.4. The van der Waals surface area contributed by atoms with Crippen LogP contribution in [0.1, 0.15) is 34.6 Å². The molecule has 0 bridgehead atoms. The average molecular weight is 317 g/mol. The molecule has 4 atom stereocenters. The van der Waals surface area contributed by atoms with Crippen LogP contribution < -0.4 is 0 Å². The van der Waals surface area contributed by atoms with Crippen LogP contribution in [-0.4, -0.2) is 69.5 Å². The molecule has 2 heterocycles. The first-order valence-electron chi connectivity index (χ1n) is 7.17. The maximum absolute atomic E-state index is 12.5. The summed E-state index contributed by atoms with van der Waals surface area (Å²) in [6.45, 7) is 8.62. The van der Waals surface area contributed by atoms with Crippen LogP contribution in [0.15, 0.2) is 0 Å². The van der Waals surface area contributed by atoms with Gasteiger partial charge in [-0.3, -0.25) is 4.90 Å². The molecule has 2 N–H and O–H groups in total. The van der Waals surface area contributed by atoms with Crippen molar-refractivity contribution in [2.75, 3.05) is 6.61 Å². The Kier molecular flexibility index (Phi) is 4.14. The third-order valence-electron chi connectivity index (χ3n) is 3.64. The van der Waals surface area contributed by atoms with Crippen molar-refractivity contribution in [3.8, 4) is 0 Å². The second-order valence-corrected chi connectivity index (χ2v) is 7.01. The molecule has 126 valence electrons. The summed E-state index contributed by atoms with van der Waals surface area (Å²) in [5, 5.41) is 19.5. The third kappa shape index (κ3) is 3.04. The highest BCUT2D eigenvalue weighted by atomic mass is 16.6. The van der Waals surface area contributed by atoms with Gasteiger partial charge in [-0.05, 0) is 34.6 Å². The second-order valence-electron chi connectivity index (χ2n) is 7.01. The number of esters is 1. The average Bonchev–Trinajstić information content (AvgIpc) is 2.78. The minimum atomic E-state index is -1.62. The maximum atomic E-state index is 12.5. The van der Waals surface area contributed by atoms with Gasteiger partial charge in [-0.2, -0.15) is 0 Å². The number of rotatable bonds is 1. The lowest BCUT2D eigenvalue weighted by atomic mass is 10.0. The van der Waals surface area contributed by atoms with E-state index in [1.807, 2.05) is 0 Å². The molecule has 0 saturated carbocycles. The standard InChI is InChI=1S/C14H23NO7/c1-13(2,3)22-12(19)15-7(6-20-14(15,4)5)10-8(16)9(17)11(18)21-10/h7-10,16-17H,6H2,1-5H3/t7-,8+,9-,10-/m1/s1. The Balaban J connectivity index is 2.24. The first kappa shape index (κ1) is 17.0. The van der Waals surface area contributed by atoms with Crippen LogP contribution in [0.4, 0.5) is 4.79 Å². The normalized spacial score (nSPS) is 34.7. The number of hydrogen-bond donors (Lipinski definition) is 2. The third-order valence-corrected chi connectivity index (χ3v) is 3.64. The van der Waals surface area contributed by atoms with E-state index in [4.69, 9.17) is 14.2 Å². The number of carbonyl (C=O) groups is 2. The minimum Gasteiger partial charge on any atom is -0.455 e. The van der Waals surface area contributed by atoms with E-state index >= 15 is 0 Å². The van der Waals surface area contributed by atoms with Crippen LogP contribution in [0.25, 0.3) is 0 Å². The minimum absolute atomic E-state index is 0.0635. The van der Waals surface area contributed by atoms with Gasteiger partial charge in [-0.15, -0.1) is 0 Å². The van der Waals surface area contributed by atoms with Crippen LogP contribution >= 0.6 is 0 Å². The zero-order valence-corrected chi connectivity index (χ0v) is 13.4. The molecule has 2 rings (SSSR count). The molecule has 0 radical (unpaired) electrons. The van der Waals surface area contributed by atoms with Crippen LogP contribution in [0.5, 0.6) is 0 Å². The van der Waals surface area contributed by atoms with Crippen molar-refractivity contribution >= 4 is 12.1 Å². The summed E-state index contributed by atoms with van der Waals surface area (Å²) in [5.41, 5.74) is -1.68. The molecule has 2 aliphatic heterocycles. The van der Waals surface area contributed by atoms with Crippen molar-refractivity contribution < 1.29 is 34.0 Å². The van der Waals surface area contributed by atoms with Gasteiger partial charge in [0.2, 0.25) is 0 Å². The van der Waals surface area contributed by atoms with Gasteiger partial charge in [-0.25, -0.2) is 9.59 Å². The molecule has 0 aromatic heterocycles. The van der Waals surface area contributed by atoms with Crippen molar-refractivity contribution in [1.82, 2.24) is 4.90 Å². The summed E-state index contributed by atoms with van der Waals surface area (Å²) < 4.78 is 15.9. The van der Waals surface area contributed by atoms with Crippen molar-refractivity contribution in [2.45, 2.75) is 70.3 Å². The molecular formula is C14H23NO7. The molecule has 0 aromatic carbocycles. The highest BCUT2D eigenvalue weighted by molar-refractivity contribution is 5.78. The van der Waals surface area contributed by atoms with Gasteiger partial charge in [0.1, 0.15) is 23.5 Å². The highest BCUT2D eigenvalue weighted by Gasteiger charge is 2.56. The van der Waals surface area contributed by atoms with E-state index in [-0.39, 0.29) is 6.61 Å². The smallest absolute Gasteiger partial charge is 0.413 e. The van der Waals surface area contributed by atoms with Crippen molar-refractivity contribution in [1.29, 1.82) is 0 Å². The summed E-state index contributed by atoms with van der Waals surface area (Å²) in [5.74, 6) is -0.911. The maximum Gasteiger partial charge on any atom is 0.413 e. The fourth-order valence-electron chi connectivity index (χ4n) is 2.64. The Morgan fingerprint density at radius 2 is 1.95 bits per heavy atom. The number of ether oxygens (including phenoxy) is 3. The quantitative estimate of drug-likeness (QED) is 0.656. The Bertz CT molecular complexity index is 470. The lowest BCUT2D eigenvalue weighted by Crippen LogP contribution is -2.55. The topological polar surface area (TPSA) is 106 Å². The van der Waals surface area contributed by atoms with Crippen molar-refractivity contribution in [3.63, 3.8) is 0 Å². The number of hydrogen-bond acceptors (Lipinski definition) is 7. The molecule has 2 saturated heterocycles. The monoisotopic (exact) mass is 317 g/mol. The molecule has 8 nitrogen and oxygen atoms in total. The van der Waals surface area contributed by atoms with Gasteiger partial charge in [0.05, 0.1) is 6.61 Å². The Morgan fingerprint density at radius 1 is 1.36 bits per heavy atom. The van der Waals surface area contributed by atoms with Gasteiger partial charge < -0.3 is 24.4 Å². The van der Waals surface area contributed by atoms with Crippen LogP contribution in [0, 0.1) is 0 Å². The SMILES string of the molecule is CC(C)(C)OC(=O)N1[C@@H]([C@H]2OC(=O)[C@H](O)[C@@H]2O)COC1(C)C. The molecular weight excluding hydrogens is 294 g/mol. The van der Waals surface area contributed by atoms with E-state index < -0.39 is 47.7 Å². The number of cyclic esters (lactones) is 1. The van der Waals surface area contributed by atoms with Crippen molar-refractivity contribution in [3.05, 3.63) is 0 Å². The first-order chi connectivity index (χ1) is 9.94. The number of aliphatic hydroxyl groups excluding tert-OH is 2. The summed E-state index contributed by atoms with van der Waals surface area (Å²) in [6.07, 6.45) is -4.73. The van der Waals surface area contributed by atoms with E-state index in [1.54, 1.807) is 34.6 Å². The Hall–Kier alpha value is -1.38. The fraction of sp³-hybridized carbons (Fsp3) is 0.857. The molecule has 0 unspecified atom stereocenters. The molecule has 0 spiro atoms. The molecule has 22 heavy (non-hydrogen) atoms. The van der Waals surface area contributed by atoms with E-state index in [2.05, 4.69) is 0 Å². The lowest BCUT2D eigenvalue weighted by molar-refractivity contribution is -0.149. The summed E-state index contributed by atoms with van der Waals surface area (Å²) in [4.78, 5) is 25.2. The van der Waals surface area contributed by atoms with E-state index in [0.29, 0.717) is 0 Å². The van der Waals surface area contributed by atoms with Gasteiger partial charge in [0.25, 0.3) is 0 Å². The van der Waals surface area contributed by atoms with Crippen LogP contribution in [0.2, 0.25) is 0 Å². The van der Waals surface area contributed by atoms with Crippen LogP contribution in [-0.2, 0) is 19.0 Å². The summed E-state index contributed by atoms with van der Waals surface area (Å²) >= 11 is 0. The predicted octanol–water partition coefficient (Wildman–Crippen LogP) is 0.00560. The van der Waals surface area contributed by atoms with E-state index in [1.165, 1.54) is 4.90 Å². The number of carbonyl (C=O) groups excluding carboxylic acids is 2. The lowest BCUT2D eigenvalue weighted by Gasteiger charge is -2.36. The molecule has 2 fully saturated rings. The van der Waals surface area contributed by atoms with E-state index in [0.717, 1.165) is 0 Å². The summed E-state index contributed by atoms with van der Waals surface area (Å²) in [7, 11) is 0. The molecule has 8 heteroatoms. The van der Waals surface area contributed by atoms with Gasteiger partial charge >= 0.3 is 12.1 Å².